The number of carbonyl (C=O) groups excluding carboxylic acids is 2. The molecule has 2 aliphatic rings. The van der Waals surface area contributed by atoms with Crippen LogP contribution in [0.5, 0.6) is 17.2 Å². The monoisotopic (exact) mass is 443 g/mol. The smallest absolute Gasteiger partial charge is 0.410 e. The average molecular weight is 443 g/mol. The minimum atomic E-state index is -1.13. The first-order valence-corrected chi connectivity index (χ1v) is 9.88. The first-order valence-electron chi connectivity index (χ1n) is 9.88. The Hall–Kier alpha value is -3.79. The summed E-state index contributed by atoms with van der Waals surface area (Å²) in [7, 11) is 1.47. The number of amides is 1. The van der Waals surface area contributed by atoms with Crippen LogP contribution >= 0.6 is 0 Å². The molecule has 168 valence electrons. The number of ether oxygens (including phenoxy) is 5. The van der Waals surface area contributed by atoms with Gasteiger partial charge in [-0.1, -0.05) is 12.1 Å². The minimum Gasteiger partial charge on any atom is -0.467 e. The van der Waals surface area contributed by atoms with E-state index in [0.29, 0.717) is 36.4 Å². The van der Waals surface area contributed by atoms with Gasteiger partial charge in [0.05, 0.1) is 11.1 Å². The number of nitrogens with zero attached hydrogens (tertiary/aromatic N) is 1. The molecule has 10 heteroatoms. The number of ketones is 1. The van der Waals surface area contributed by atoms with Crippen molar-refractivity contribution < 1.29 is 43.2 Å². The molecule has 4 rings (SSSR count). The predicted molar refractivity (Wildman–Crippen MR) is 108 cm³/mol. The molecule has 2 aromatic rings. The standard InChI is InChI=1S/C22H21NO9/c1-28-11-29-16-10-18-17(30-12-31-18)9-15(16)20(24)13-4-6-14(7-5-13)21(25)32-19-3-2-8-23(19)22(26)27/h4-7,9-10,19H,2-3,8,11-12H2,1H3,(H,26,27). The summed E-state index contributed by atoms with van der Waals surface area (Å²) in [5, 5.41) is 9.17. The van der Waals surface area contributed by atoms with E-state index in [1.807, 2.05) is 0 Å². The zero-order chi connectivity index (χ0) is 22.7. The first kappa shape index (κ1) is 21.4. The summed E-state index contributed by atoms with van der Waals surface area (Å²) in [5.74, 6) is 0.169. The lowest BCUT2D eigenvalue weighted by Crippen LogP contribution is -2.37. The molecule has 2 aromatic carbocycles. The molecule has 0 radical (unpaired) electrons. The van der Waals surface area contributed by atoms with Crippen LogP contribution in [0.15, 0.2) is 36.4 Å². The number of benzene rings is 2. The van der Waals surface area contributed by atoms with Crippen LogP contribution in [-0.4, -0.2) is 61.3 Å². The van der Waals surface area contributed by atoms with Crippen molar-refractivity contribution in [3.8, 4) is 17.2 Å². The summed E-state index contributed by atoms with van der Waals surface area (Å²) in [6.45, 7) is 0.316. The summed E-state index contributed by atoms with van der Waals surface area (Å²) in [5.41, 5.74) is 0.778. The minimum absolute atomic E-state index is 0.0494. The lowest BCUT2D eigenvalue weighted by molar-refractivity contribution is -0.00816. The topological polar surface area (TPSA) is 121 Å². The van der Waals surface area contributed by atoms with Crippen molar-refractivity contribution in [2.45, 2.75) is 19.1 Å². The Kier molecular flexibility index (Phi) is 6.13. The van der Waals surface area contributed by atoms with Gasteiger partial charge in [0.15, 0.2) is 30.3 Å². The molecule has 2 aliphatic heterocycles. The van der Waals surface area contributed by atoms with Gasteiger partial charge in [0.25, 0.3) is 0 Å². The highest BCUT2D eigenvalue weighted by Gasteiger charge is 2.32. The van der Waals surface area contributed by atoms with Crippen molar-refractivity contribution in [1.82, 2.24) is 4.90 Å². The molecule has 32 heavy (non-hydrogen) atoms. The number of hydrogen-bond donors (Lipinski definition) is 1. The molecule has 1 amide bonds. The van der Waals surface area contributed by atoms with Crippen LogP contribution in [0.2, 0.25) is 0 Å². The van der Waals surface area contributed by atoms with Gasteiger partial charge in [-0.15, -0.1) is 0 Å². The van der Waals surface area contributed by atoms with E-state index in [1.165, 1.54) is 31.4 Å². The second-order valence-corrected chi connectivity index (χ2v) is 7.14. The SMILES string of the molecule is COCOc1cc2c(cc1C(=O)c1ccc(C(=O)OC3CCCN3C(=O)O)cc1)OCO2. The number of esters is 1. The lowest BCUT2D eigenvalue weighted by Gasteiger charge is -2.21. The third-order valence-electron chi connectivity index (χ3n) is 5.12. The van der Waals surface area contributed by atoms with Crippen molar-refractivity contribution >= 4 is 17.8 Å². The third-order valence-corrected chi connectivity index (χ3v) is 5.12. The van der Waals surface area contributed by atoms with Gasteiger partial charge in [-0.2, -0.15) is 0 Å². The van der Waals surface area contributed by atoms with E-state index < -0.39 is 18.3 Å². The third kappa shape index (κ3) is 4.30. The fourth-order valence-corrected chi connectivity index (χ4v) is 3.52. The molecule has 0 spiro atoms. The van der Waals surface area contributed by atoms with Crippen molar-refractivity contribution in [1.29, 1.82) is 0 Å². The molecule has 1 atom stereocenters. The second kappa shape index (κ2) is 9.15. The van der Waals surface area contributed by atoms with E-state index in [0.717, 1.165) is 4.90 Å². The Morgan fingerprint density at radius 1 is 1.09 bits per heavy atom. The summed E-state index contributed by atoms with van der Waals surface area (Å²) in [4.78, 5) is 37.8. The number of fused-ring (bicyclic) bond motifs is 1. The molecule has 1 fully saturated rings. The van der Waals surface area contributed by atoms with Gasteiger partial charge in [0.2, 0.25) is 6.79 Å². The largest absolute Gasteiger partial charge is 0.467 e. The van der Waals surface area contributed by atoms with E-state index in [1.54, 1.807) is 12.1 Å². The van der Waals surface area contributed by atoms with Crippen LogP contribution < -0.4 is 14.2 Å². The Morgan fingerprint density at radius 3 is 2.47 bits per heavy atom. The predicted octanol–water partition coefficient (Wildman–Crippen LogP) is 2.89. The van der Waals surface area contributed by atoms with Gasteiger partial charge < -0.3 is 28.8 Å². The highest BCUT2D eigenvalue weighted by Crippen LogP contribution is 2.39. The van der Waals surface area contributed by atoms with Gasteiger partial charge in [-0.05, 0) is 24.6 Å². The Labute approximate surface area is 183 Å². The molecule has 0 aliphatic carbocycles. The summed E-state index contributed by atoms with van der Waals surface area (Å²) in [6.07, 6.45) is -0.865. The Balaban J connectivity index is 1.51. The van der Waals surface area contributed by atoms with E-state index in [2.05, 4.69) is 0 Å². The van der Waals surface area contributed by atoms with Gasteiger partial charge in [0.1, 0.15) is 5.75 Å². The summed E-state index contributed by atoms with van der Waals surface area (Å²) < 4.78 is 26.5. The van der Waals surface area contributed by atoms with E-state index in [-0.39, 0.29) is 36.2 Å². The summed E-state index contributed by atoms with van der Waals surface area (Å²) >= 11 is 0. The maximum Gasteiger partial charge on any atom is 0.410 e. The average Bonchev–Trinajstić information content (AvgIpc) is 3.45. The molecule has 1 unspecified atom stereocenters. The lowest BCUT2D eigenvalue weighted by atomic mass is 10.0. The van der Waals surface area contributed by atoms with E-state index in [9.17, 15) is 14.4 Å². The van der Waals surface area contributed by atoms with Crippen molar-refractivity contribution in [2.24, 2.45) is 0 Å². The summed E-state index contributed by atoms with van der Waals surface area (Å²) in [6, 6.07) is 9.01. The highest BCUT2D eigenvalue weighted by atomic mass is 16.7. The van der Waals surface area contributed by atoms with Crippen molar-refractivity contribution in [2.75, 3.05) is 27.2 Å². The van der Waals surface area contributed by atoms with Crippen LogP contribution in [0.25, 0.3) is 0 Å². The molecule has 2 heterocycles. The van der Waals surface area contributed by atoms with Crippen molar-refractivity contribution in [3.05, 3.63) is 53.1 Å². The van der Waals surface area contributed by atoms with Crippen molar-refractivity contribution in [3.63, 3.8) is 0 Å². The molecule has 1 saturated heterocycles. The first-order chi connectivity index (χ1) is 15.5. The van der Waals surface area contributed by atoms with Crippen LogP contribution in [0.4, 0.5) is 4.79 Å². The second-order valence-electron chi connectivity index (χ2n) is 7.14. The molecular formula is C22H21NO9. The maximum atomic E-state index is 13.1. The quantitative estimate of drug-likeness (QED) is 0.391. The van der Waals surface area contributed by atoms with Gasteiger partial charge in [-0.25, -0.2) is 9.59 Å². The van der Waals surface area contributed by atoms with E-state index in [4.69, 9.17) is 28.8 Å². The zero-order valence-corrected chi connectivity index (χ0v) is 17.2. The van der Waals surface area contributed by atoms with Crippen LogP contribution in [-0.2, 0) is 9.47 Å². The molecule has 0 bridgehead atoms. The number of methoxy groups -OCH3 is 1. The number of likely N-dealkylation sites (tertiary alicyclic amines) is 1. The Morgan fingerprint density at radius 2 is 1.78 bits per heavy atom. The number of carbonyl (C=O) groups is 3. The number of rotatable bonds is 7. The molecule has 0 aromatic heterocycles. The Bertz CT molecular complexity index is 1030. The van der Waals surface area contributed by atoms with Gasteiger partial charge >= 0.3 is 12.1 Å². The van der Waals surface area contributed by atoms with Crippen LogP contribution in [0.3, 0.4) is 0 Å². The fraction of sp³-hybridized carbons (Fsp3) is 0.318. The van der Waals surface area contributed by atoms with Crippen LogP contribution in [0.1, 0.15) is 39.1 Å². The molecule has 10 nitrogen and oxygen atoms in total. The molecule has 0 saturated carbocycles. The van der Waals surface area contributed by atoms with E-state index >= 15 is 0 Å². The van der Waals surface area contributed by atoms with Crippen LogP contribution in [0, 0.1) is 0 Å². The fourth-order valence-electron chi connectivity index (χ4n) is 3.52. The number of hydrogen-bond acceptors (Lipinski definition) is 8. The highest BCUT2D eigenvalue weighted by molar-refractivity contribution is 6.11. The van der Waals surface area contributed by atoms with Gasteiger partial charge in [0, 0.05) is 31.7 Å². The maximum absolute atomic E-state index is 13.1. The molecule has 1 N–H and O–H groups in total. The van der Waals surface area contributed by atoms with Gasteiger partial charge in [-0.3, -0.25) is 9.69 Å². The molecular weight excluding hydrogens is 422 g/mol. The number of carboxylic acid groups (broad SMARTS) is 1. The zero-order valence-electron chi connectivity index (χ0n) is 17.2. The normalized spacial score (nSPS) is 16.7.